The number of nitrogens with one attached hydrogen (secondary N) is 1. The number of amides is 3. The molecular weight excluding hydrogens is 496 g/mol. The van der Waals surface area contributed by atoms with Crippen LogP contribution < -0.4 is 22.5 Å². The van der Waals surface area contributed by atoms with Gasteiger partial charge in [-0.15, -0.1) is 0 Å². The molecule has 3 atom stereocenters. The van der Waals surface area contributed by atoms with Gasteiger partial charge in [0.05, 0.1) is 11.2 Å². The minimum Gasteiger partial charge on any atom is -0.338 e. The number of nitrogens with two attached hydrogens (primary N) is 2. The van der Waals surface area contributed by atoms with Gasteiger partial charge in [-0.1, -0.05) is 12.1 Å². The Hall–Kier alpha value is -3.28. The highest BCUT2D eigenvalue weighted by Gasteiger charge is 2.54. The number of urea groups is 1. The molecule has 0 radical (unpaired) electrons. The smallest absolute Gasteiger partial charge is 0.338 e. The van der Waals surface area contributed by atoms with Gasteiger partial charge < -0.3 is 26.2 Å². The summed E-state index contributed by atoms with van der Waals surface area (Å²) in [5, 5.41) is 2.70. The van der Waals surface area contributed by atoms with Crippen molar-refractivity contribution in [3.8, 4) is 5.69 Å². The zero-order chi connectivity index (χ0) is 27.7. The molecule has 11 nitrogen and oxygen atoms in total. The summed E-state index contributed by atoms with van der Waals surface area (Å²) in [6, 6.07) is 9.22. The van der Waals surface area contributed by atoms with E-state index in [4.69, 9.17) is 11.5 Å². The molecule has 1 aromatic carbocycles. The Morgan fingerprint density at radius 2 is 1.67 bits per heavy atom. The van der Waals surface area contributed by atoms with E-state index in [2.05, 4.69) is 27.3 Å². The van der Waals surface area contributed by atoms with Crippen LogP contribution >= 0.6 is 0 Å². The molecule has 0 bridgehead atoms. The number of benzene rings is 1. The number of fused-ring (bicyclic) bond motifs is 1. The summed E-state index contributed by atoms with van der Waals surface area (Å²) in [5.41, 5.74) is 12.3. The number of rotatable bonds is 8. The highest BCUT2D eigenvalue weighted by molar-refractivity contribution is 5.89. The number of likely N-dealkylation sites (tertiary alicyclic amines) is 1. The average molecular weight is 537 g/mol. The van der Waals surface area contributed by atoms with Crippen LogP contribution in [0.2, 0.25) is 0 Å². The minimum absolute atomic E-state index is 0.138. The molecule has 2 aliphatic heterocycles. The lowest BCUT2D eigenvalue weighted by Crippen LogP contribution is -2.58. The number of aromatic nitrogens is 2. The van der Waals surface area contributed by atoms with Gasteiger partial charge in [-0.3, -0.25) is 14.7 Å². The number of carbonyl (C=O) groups excluding carboxylic acids is 2. The maximum atomic E-state index is 12.7. The Kier molecular flexibility index (Phi) is 7.75. The summed E-state index contributed by atoms with van der Waals surface area (Å²) in [7, 11) is 0. The fourth-order valence-electron chi connectivity index (χ4n) is 5.98. The summed E-state index contributed by atoms with van der Waals surface area (Å²) >= 11 is 0. The van der Waals surface area contributed by atoms with Crippen LogP contribution in [-0.2, 0) is 11.2 Å². The first-order valence-electron chi connectivity index (χ1n) is 13.9. The Bertz CT molecular complexity index is 1230. The van der Waals surface area contributed by atoms with Crippen molar-refractivity contribution in [3.05, 3.63) is 52.6 Å². The van der Waals surface area contributed by atoms with Crippen molar-refractivity contribution in [3.63, 3.8) is 0 Å². The lowest BCUT2D eigenvalue weighted by atomic mass is 10.1. The van der Waals surface area contributed by atoms with Crippen molar-refractivity contribution >= 4 is 17.8 Å². The molecule has 5 rings (SSSR count). The number of nitrogens with zero attached hydrogens (tertiary/aromatic N) is 5. The topological polar surface area (TPSA) is 143 Å². The molecule has 11 heteroatoms. The molecule has 1 unspecified atom stereocenters. The molecule has 2 saturated heterocycles. The molecule has 1 aromatic heterocycles. The largest absolute Gasteiger partial charge is 0.354 e. The molecule has 3 amide bonds. The number of anilines is 1. The van der Waals surface area contributed by atoms with Gasteiger partial charge in [-0.05, 0) is 81.3 Å². The van der Waals surface area contributed by atoms with Gasteiger partial charge in [0.15, 0.2) is 0 Å². The first kappa shape index (κ1) is 27.3. The van der Waals surface area contributed by atoms with Crippen molar-refractivity contribution in [1.29, 1.82) is 0 Å². The number of piperazine rings is 1. The van der Waals surface area contributed by atoms with Gasteiger partial charge in [-0.2, -0.15) is 4.98 Å². The van der Waals surface area contributed by atoms with E-state index in [1.54, 1.807) is 35.9 Å². The molecule has 0 spiro atoms. The number of aryl methyl sites for hydroxylation is 1. The van der Waals surface area contributed by atoms with Crippen LogP contribution in [0.4, 0.5) is 10.6 Å². The monoisotopic (exact) mass is 536 g/mol. The van der Waals surface area contributed by atoms with E-state index in [1.165, 1.54) is 23.2 Å². The standard InChI is InChI=1S/C28H40N8O3/c1-28(2,30)25(37)34-12-14-35(15-13-34)26(38)31-24-9-11-36(27(39)32-24)20-7-5-19(6-8-20)4-3-10-33-17-22-21(16-29)23(22)18-33/h5-9,11,21-23H,3-4,10,12-18,29-30H2,1-2H3,(H,31,32,38,39)/t21?,22-,23+. The number of hydrogen-bond acceptors (Lipinski definition) is 7. The van der Waals surface area contributed by atoms with E-state index < -0.39 is 11.2 Å². The zero-order valence-electron chi connectivity index (χ0n) is 22.9. The van der Waals surface area contributed by atoms with Crippen molar-refractivity contribution in [1.82, 2.24) is 24.3 Å². The molecule has 39 heavy (non-hydrogen) atoms. The van der Waals surface area contributed by atoms with E-state index >= 15 is 0 Å². The molecule has 5 N–H and O–H groups in total. The number of hydrogen-bond donors (Lipinski definition) is 3. The normalized spacial score (nSPS) is 23.0. The van der Waals surface area contributed by atoms with Crippen LogP contribution in [0.25, 0.3) is 5.69 Å². The fraction of sp³-hybridized carbons (Fsp3) is 0.571. The van der Waals surface area contributed by atoms with E-state index in [9.17, 15) is 14.4 Å². The van der Waals surface area contributed by atoms with Gasteiger partial charge in [0.25, 0.3) is 0 Å². The predicted molar refractivity (Wildman–Crippen MR) is 150 cm³/mol. The van der Waals surface area contributed by atoms with Crippen LogP contribution in [0.3, 0.4) is 0 Å². The van der Waals surface area contributed by atoms with Gasteiger partial charge >= 0.3 is 11.7 Å². The highest BCUT2D eigenvalue weighted by atomic mass is 16.2. The number of piperidine rings is 1. The van der Waals surface area contributed by atoms with Crippen molar-refractivity contribution < 1.29 is 9.59 Å². The minimum atomic E-state index is -0.943. The van der Waals surface area contributed by atoms with E-state index in [0.717, 1.165) is 49.4 Å². The molecule has 3 heterocycles. The quantitative estimate of drug-likeness (QED) is 0.451. The maximum Gasteiger partial charge on any atom is 0.354 e. The average Bonchev–Trinajstić information content (AvgIpc) is 3.40. The van der Waals surface area contributed by atoms with Crippen LogP contribution in [0.1, 0.15) is 25.8 Å². The van der Waals surface area contributed by atoms with Crippen LogP contribution in [0.5, 0.6) is 0 Å². The maximum absolute atomic E-state index is 12.7. The molecule has 1 saturated carbocycles. The van der Waals surface area contributed by atoms with Crippen molar-refractivity contribution in [2.24, 2.45) is 29.2 Å². The van der Waals surface area contributed by atoms with E-state index in [-0.39, 0.29) is 17.8 Å². The second-order valence-electron chi connectivity index (χ2n) is 11.7. The fourth-order valence-corrected chi connectivity index (χ4v) is 5.98. The molecular formula is C28H40N8O3. The third-order valence-electron chi connectivity index (χ3n) is 8.32. The van der Waals surface area contributed by atoms with Gasteiger partial charge in [0.2, 0.25) is 5.91 Å². The second-order valence-corrected chi connectivity index (χ2v) is 11.7. The predicted octanol–water partition coefficient (Wildman–Crippen LogP) is 0.715. The molecule has 3 fully saturated rings. The first-order valence-corrected chi connectivity index (χ1v) is 13.9. The molecule has 210 valence electrons. The number of carbonyl (C=O) groups is 2. The summed E-state index contributed by atoms with van der Waals surface area (Å²) < 4.78 is 1.46. The Labute approximate surface area is 229 Å². The highest BCUT2D eigenvalue weighted by Crippen LogP contribution is 2.50. The molecule has 2 aromatic rings. The third kappa shape index (κ3) is 6.15. The van der Waals surface area contributed by atoms with Crippen LogP contribution in [-0.4, -0.2) is 94.1 Å². The van der Waals surface area contributed by atoms with E-state index in [0.29, 0.717) is 26.2 Å². The first-order chi connectivity index (χ1) is 18.6. The zero-order valence-corrected chi connectivity index (χ0v) is 22.9. The lowest BCUT2D eigenvalue weighted by Gasteiger charge is -2.37. The summed E-state index contributed by atoms with van der Waals surface area (Å²) in [5.74, 6) is 2.48. The lowest BCUT2D eigenvalue weighted by molar-refractivity contribution is -0.137. The molecule has 1 aliphatic carbocycles. The third-order valence-corrected chi connectivity index (χ3v) is 8.32. The van der Waals surface area contributed by atoms with Crippen LogP contribution in [0.15, 0.2) is 41.3 Å². The van der Waals surface area contributed by atoms with Gasteiger partial charge in [0.1, 0.15) is 5.82 Å². The molecule has 3 aliphatic rings. The van der Waals surface area contributed by atoms with Gasteiger partial charge in [0, 0.05) is 45.5 Å². The van der Waals surface area contributed by atoms with Crippen LogP contribution in [0, 0.1) is 17.8 Å². The Morgan fingerprint density at radius 1 is 1.03 bits per heavy atom. The summed E-state index contributed by atoms with van der Waals surface area (Å²) in [6.07, 6.45) is 3.72. The van der Waals surface area contributed by atoms with Crippen molar-refractivity contribution in [2.75, 3.05) is 57.7 Å². The summed E-state index contributed by atoms with van der Waals surface area (Å²) in [6.45, 7) is 9.27. The Balaban J connectivity index is 1.09. The van der Waals surface area contributed by atoms with E-state index in [1.807, 2.05) is 12.1 Å². The van der Waals surface area contributed by atoms with Gasteiger partial charge in [-0.25, -0.2) is 9.59 Å². The van der Waals surface area contributed by atoms with Crippen molar-refractivity contribution in [2.45, 2.75) is 32.2 Å². The SMILES string of the molecule is CC(C)(N)C(=O)N1CCN(C(=O)Nc2ccn(-c3ccc(CCCN4C[C@@H]5C(CN)[C@@H]5C4)cc3)c(=O)n2)CC1. The second kappa shape index (κ2) is 11.1. The summed E-state index contributed by atoms with van der Waals surface area (Å²) in [4.78, 5) is 47.6. The Morgan fingerprint density at radius 3 is 2.26 bits per heavy atom.